The molecule has 1 aliphatic carbocycles. The molecule has 2 N–H and O–H groups in total. The number of halogens is 1. The fraction of sp³-hybridized carbons (Fsp3) is 0.364. The number of hydrogen-bond donors (Lipinski definition) is 1. The molecule has 0 aromatic heterocycles. The van der Waals surface area contributed by atoms with Crippen molar-refractivity contribution in [1.29, 1.82) is 0 Å². The van der Waals surface area contributed by atoms with E-state index in [9.17, 15) is 9.18 Å². The van der Waals surface area contributed by atoms with Crippen LogP contribution in [0.3, 0.4) is 0 Å². The first-order chi connectivity index (χ1) is 7.11. The SMILES string of the molecule is CN(C(=O)C1CC1N)c1ccccc1F. The van der Waals surface area contributed by atoms with Gasteiger partial charge in [0, 0.05) is 13.1 Å². The number of nitrogens with two attached hydrogens (primary N) is 1. The minimum absolute atomic E-state index is 0.0493. The van der Waals surface area contributed by atoms with Crippen molar-refractivity contribution in [2.75, 3.05) is 11.9 Å². The summed E-state index contributed by atoms with van der Waals surface area (Å²) in [5.74, 6) is -0.621. The summed E-state index contributed by atoms with van der Waals surface area (Å²) in [6.45, 7) is 0. The van der Waals surface area contributed by atoms with Gasteiger partial charge >= 0.3 is 0 Å². The maximum absolute atomic E-state index is 13.4. The third-order valence-electron chi connectivity index (χ3n) is 2.70. The zero-order valence-electron chi connectivity index (χ0n) is 8.48. The minimum atomic E-state index is -0.387. The van der Waals surface area contributed by atoms with E-state index in [4.69, 9.17) is 5.73 Å². The second-order valence-corrected chi connectivity index (χ2v) is 3.85. The van der Waals surface area contributed by atoms with E-state index in [-0.39, 0.29) is 23.7 Å². The largest absolute Gasteiger partial charge is 0.327 e. The van der Waals surface area contributed by atoms with Crippen molar-refractivity contribution >= 4 is 11.6 Å². The van der Waals surface area contributed by atoms with Crippen LogP contribution in [-0.2, 0) is 4.79 Å². The zero-order chi connectivity index (χ0) is 11.0. The lowest BCUT2D eigenvalue weighted by atomic mass is 10.2. The number of rotatable bonds is 2. The van der Waals surface area contributed by atoms with Gasteiger partial charge in [-0.3, -0.25) is 4.79 Å². The molecule has 0 bridgehead atoms. The summed E-state index contributed by atoms with van der Waals surface area (Å²) in [5, 5.41) is 0. The standard InChI is InChI=1S/C11H13FN2O/c1-14(11(15)7-6-9(7)13)10-5-3-2-4-8(10)12/h2-5,7,9H,6,13H2,1H3. The predicted molar refractivity (Wildman–Crippen MR) is 55.9 cm³/mol. The van der Waals surface area contributed by atoms with Gasteiger partial charge in [0.2, 0.25) is 5.91 Å². The van der Waals surface area contributed by atoms with Crippen molar-refractivity contribution < 1.29 is 9.18 Å². The van der Waals surface area contributed by atoms with Crippen LogP contribution in [0, 0.1) is 11.7 Å². The second-order valence-electron chi connectivity index (χ2n) is 3.85. The Kier molecular flexibility index (Phi) is 2.44. The number of hydrogen-bond acceptors (Lipinski definition) is 2. The highest BCUT2D eigenvalue weighted by atomic mass is 19.1. The van der Waals surface area contributed by atoms with E-state index in [1.165, 1.54) is 11.0 Å². The van der Waals surface area contributed by atoms with Crippen molar-refractivity contribution in [3.05, 3.63) is 30.1 Å². The molecule has 0 heterocycles. The summed E-state index contributed by atoms with van der Waals surface area (Å²) in [7, 11) is 1.58. The molecule has 2 atom stereocenters. The molecule has 0 saturated heterocycles. The van der Waals surface area contributed by atoms with Crippen molar-refractivity contribution in [3.63, 3.8) is 0 Å². The van der Waals surface area contributed by atoms with E-state index in [1.807, 2.05) is 0 Å². The number of para-hydroxylation sites is 1. The van der Waals surface area contributed by atoms with Gasteiger partial charge in [-0.1, -0.05) is 12.1 Å². The maximum atomic E-state index is 13.4. The van der Waals surface area contributed by atoms with Crippen LogP contribution in [0.15, 0.2) is 24.3 Å². The van der Waals surface area contributed by atoms with Gasteiger partial charge in [0.15, 0.2) is 0 Å². The molecular formula is C11H13FN2O. The van der Waals surface area contributed by atoms with Gasteiger partial charge in [-0.15, -0.1) is 0 Å². The molecule has 15 heavy (non-hydrogen) atoms. The normalized spacial score (nSPS) is 23.7. The van der Waals surface area contributed by atoms with Gasteiger partial charge in [-0.25, -0.2) is 4.39 Å². The fourth-order valence-electron chi connectivity index (χ4n) is 1.59. The van der Waals surface area contributed by atoms with Gasteiger partial charge in [-0.2, -0.15) is 0 Å². The number of carbonyl (C=O) groups excluding carboxylic acids is 1. The molecule has 1 amide bonds. The second kappa shape index (κ2) is 3.62. The van der Waals surface area contributed by atoms with Crippen LogP contribution in [0.4, 0.5) is 10.1 Å². The Morgan fingerprint density at radius 1 is 1.53 bits per heavy atom. The molecule has 1 fully saturated rings. The summed E-state index contributed by atoms with van der Waals surface area (Å²) >= 11 is 0. The molecule has 1 aromatic carbocycles. The van der Waals surface area contributed by atoms with Crippen LogP contribution >= 0.6 is 0 Å². The first-order valence-electron chi connectivity index (χ1n) is 4.89. The summed E-state index contributed by atoms with van der Waals surface area (Å²) < 4.78 is 13.4. The van der Waals surface area contributed by atoms with Gasteiger partial charge < -0.3 is 10.6 Å². The molecule has 0 spiro atoms. The molecule has 2 unspecified atom stereocenters. The first-order valence-corrected chi connectivity index (χ1v) is 4.89. The van der Waals surface area contributed by atoms with Crippen LogP contribution in [0.5, 0.6) is 0 Å². The van der Waals surface area contributed by atoms with Crippen LogP contribution < -0.4 is 10.6 Å². The van der Waals surface area contributed by atoms with Crippen LogP contribution in [0.2, 0.25) is 0 Å². The highest BCUT2D eigenvalue weighted by Gasteiger charge is 2.42. The topological polar surface area (TPSA) is 46.3 Å². The van der Waals surface area contributed by atoms with E-state index >= 15 is 0 Å². The first kappa shape index (κ1) is 10.1. The maximum Gasteiger partial charge on any atom is 0.231 e. The molecular weight excluding hydrogens is 195 g/mol. The van der Waals surface area contributed by atoms with Crippen molar-refractivity contribution in [2.24, 2.45) is 11.7 Å². The summed E-state index contributed by atoms with van der Waals surface area (Å²) in [5.41, 5.74) is 5.89. The summed E-state index contributed by atoms with van der Waals surface area (Å²) in [6.07, 6.45) is 0.706. The number of nitrogens with zero attached hydrogens (tertiary/aromatic N) is 1. The van der Waals surface area contributed by atoms with Crippen molar-refractivity contribution in [2.45, 2.75) is 12.5 Å². The Labute approximate surface area is 87.7 Å². The fourth-order valence-corrected chi connectivity index (χ4v) is 1.59. The molecule has 4 heteroatoms. The number of benzene rings is 1. The van der Waals surface area contributed by atoms with Crippen molar-refractivity contribution in [1.82, 2.24) is 0 Å². The van der Waals surface area contributed by atoms with E-state index < -0.39 is 0 Å². The average molecular weight is 208 g/mol. The number of amides is 1. The molecule has 80 valence electrons. The monoisotopic (exact) mass is 208 g/mol. The molecule has 0 aliphatic heterocycles. The van der Waals surface area contributed by atoms with Gasteiger partial charge in [0.05, 0.1) is 11.6 Å². The molecule has 0 radical (unpaired) electrons. The Morgan fingerprint density at radius 2 is 2.13 bits per heavy atom. The summed E-state index contributed by atoms with van der Waals surface area (Å²) in [4.78, 5) is 13.1. The minimum Gasteiger partial charge on any atom is -0.327 e. The Morgan fingerprint density at radius 3 is 2.67 bits per heavy atom. The van der Waals surface area contributed by atoms with E-state index in [0.717, 1.165) is 0 Å². The van der Waals surface area contributed by atoms with E-state index in [2.05, 4.69) is 0 Å². The predicted octanol–water partition coefficient (Wildman–Crippen LogP) is 1.14. The van der Waals surface area contributed by atoms with Crippen LogP contribution in [0.25, 0.3) is 0 Å². The number of carbonyl (C=O) groups is 1. The molecule has 1 saturated carbocycles. The molecule has 3 nitrogen and oxygen atoms in total. The van der Waals surface area contributed by atoms with Gasteiger partial charge in [0.1, 0.15) is 5.82 Å². The Balaban J connectivity index is 2.17. The molecule has 1 aliphatic rings. The molecule has 1 aromatic rings. The smallest absolute Gasteiger partial charge is 0.231 e. The average Bonchev–Trinajstić information content (AvgIpc) is 2.94. The molecule has 2 rings (SSSR count). The third kappa shape index (κ3) is 1.85. The van der Waals surface area contributed by atoms with Gasteiger partial charge in [-0.05, 0) is 18.6 Å². The van der Waals surface area contributed by atoms with E-state index in [1.54, 1.807) is 25.2 Å². The third-order valence-corrected chi connectivity index (χ3v) is 2.70. The Bertz CT molecular complexity index is 394. The summed E-state index contributed by atoms with van der Waals surface area (Å²) in [6, 6.07) is 6.17. The Hall–Kier alpha value is -1.42. The van der Waals surface area contributed by atoms with Gasteiger partial charge in [0.25, 0.3) is 0 Å². The number of anilines is 1. The lowest BCUT2D eigenvalue weighted by molar-refractivity contribution is -0.119. The lowest BCUT2D eigenvalue weighted by Gasteiger charge is -2.17. The lowest BCUT2D eigenvalue weighted by Crippen LogP contribution is -2.30. The van der Waals surface area contributed by atoms with Crippen molar-refractivity contribution in [3.8, 4) is 0 Å². The highest BCUT2D eigenvalue weighted by Crippen LogP contribution is 2.31. The quantitative estimate of drug-likeness (QED) is 0.792. The highest BCUT2D eigenvalue weighted by molar-refractivity contribution is 5.96. The van der Waals surface area contributed by atoms with E-state index in [0.29, 0.717) is 12.1 Å². The van der Waals surface area contributed by atoms with Crippen LogP contribution in [0.1, 0.15) is 6.42 Å². The van der Waals surface area contributed by atoms with Crippen LogP contribution in [-0.4, -0.2) is 19.0 Å². The zero-order valence-corrected chi connectivity index (χ0v) is 8.48.